The van der Waals surface area contributed by atoms with Gasteiger partial charge in [-0.05, 0) is 66.4 Å². The SMILES string of the molecule is CC[C@H](C)c1ccc2oc(-c3cccc(NC(=O)c4cccc(Br)c4)c3)nc2c1. The molecule has 5 heteroatoms. The number of nitrogens with one attached hydrogen (secondary N) is 1. The fourth-order valence-electron chi connectivity index (χ4n) is 3.17. The average Bonchev–Trinajstić information content (AvgIpc) is 3.17. The van der Waals surface area contributed by atoms with E-state index < -0.39 is 0 Å². The second-order valence-electron chi connectivity index (χ2n) is 7.10. The van der Waals surface area contributed by atoms with Gasteiger partial charge in [-0.25, -0.2) is 4.98 Å². The molecule has 0 radical (unpaired) electrons. The molecule has 4 aromatic rings. The van der Waals surface area contributed by atoms with Crippen LogP contribution in [0.4, 0.5) is 5.69 Å². The van der Waals surface area contributed by atoms with Crippen LogP contribution in [0.15, 0.2) is 75.6 Å². The van der Waals surface area contributed by atoms with Crippen LogP contribution in [0.5, 0.6) is 0 Å². The minimum Gasteiger partial charge on any atom is -0.436 e. The van der Waals surface area contributed by atoms with E-state index >= 15 is 0 Å². The number of hydrogen-bond donors (Lipinski definition) is 1. The largest absolute Gasteiger partial charge is 0.436 e. The van der Waals surface area contributed by atoms with Crippen LogP contribution in [0, 0.1) is 0 Å². The van der Waals surface area contributed by atoms with E-state index in [4.69, 9.17) is 4.42 Å². The monoisotopic (exact) mass is 448 g/mol. The van der Waals surface area contributed by atoms with Crippen LogP contribution in [0.3, 0.4) is 0 Å². The van der Waals surface area contributed by atoms with Crippen LogP contribution in [-0.2, 0) is 0 Å². The van der Waals surface area contributed by atoms with Gasteiger partial charge in [-0.2, -0.15) is 0 Å². The molecule has 146 valence electrons. The number of oxazole rings is 1. The number of carbonyl (C=O) groups is 1. The minimum absolute atomic E-state index is 0.167. The van der Waals surface area contributed by atoms with Gasteiger partial charge in [0.05, 0.1) is 0 Å². The van der Waals surface area contributed by atoms with E-state index in [1.807, 2.05) is 42.5 Å². The summed E-state index contributed by atoms with van der Waals surface area (Å²) in [4.78, 5) is 17.2. The van der Waals surface area contributed by atoms with Crippen LogP contribution in [0.1, 0.15) is 42.1 Å². The number of halogens is 1. The number of benzene rings is 3. The second kappa shape index (κ2) is 8.21. The molecule has 0 unspecified atom stereocenters. The number of carbonyl (C=O) groups excluding carboxylic acids is 1. The fourth-order valence-corrected chi connectivity index (χ4v) is 3.57. The molecule has 1 N–H and O–H groups in total. The van der Waals surface area contributed by atoms with E-state index in [0.717, 1.165) is 27.6 Å². The quantitative estimate of drug-likeness (QED) is 0.356. The smallest absolute Gasteiger partial charge is 0.255 e. The number of anilines is 1. The zero-order valence-corrected chi connectivity index (χ0v) is 17.9. The second-order valence-corrected chi connectivity index (χ2v) is 8.02. The van der Waals surface area contributed by atoms with Crippen molar-refractivity contribution in [3.8, 4) is 11.5 Å². The zero-order chi connectivity index (χ0) is 20.4. The molecule has 4 nitrogen and oxygen atoms in total. The normalized spacial score (nSPS) is 12.1. The summed E-state index contributed by atoms with van der Waals surface area (Å²) < 4.78 is 6.82. The molecule has 0 aliphatic carbocycles. The molecule has 1 aromatic heterocycles. The summed E-state index contributed by atoms with van der Waals surface area (Å²) >= 11 is 3.39. The third-order valence-corrected chi connectivity index (χ3v) is 5.54. The lowest BCUT2D eigenvalue weighted by Crippen LogP contribution is -2.11. The maximum absolute atomic E-state index is 12.5. The molecule has 0 saturated carbocycles. The van der Waals surface area contributed by atoms with Crippen molar-refractivity contribution in [2.75, 3.05) is 5.32 Å². The van der Waals surface area contributed by atoms with Gasteiger partial charge in [-0.15, -0.1) is 0 Å². The maximum Gasteiger partial charge on any atom is 0.255 e. The molecule has 0 saturated heterocycles. The number of nitrogens with zero attached hydrogens (tertiary/aromatic N) is 1. The fraction of sp³-hybridized carbons (Fsp3) is 0.167. The number of amides is 1. The zero-order valence-electron chi connectivity index (χ0n) is 16.3. The molecule has 0 bridgehead atoms. The molecule has 4 rings (SSSR count). The van der Waals surface area contributed by atoms with E-state index in [1.165, 1.54) is 5.56 Å². The highest BCUT2D eigenvalue weighted by molar-refractivity contribution is 9.10. The van der Waals surface area contributed by atoms with Crippen molar-refractivity contribution < 1.29 is 9.21 Å². The molecule has 0 fully saturated rings. The van der Waals surface area contributed by atoms with Crippen LogP contribution >= 0.6 is 15.9 Å². The van der Waals surface area contributed by atoms with Crippen LogP contribution in [0.2, 0.25) is 0 Å². The summed E-state index contributed by atoms with van der Waals surface area (Å²) in [5.41, 5.74) is 4.96. The molecule has 1 atom stereocenters. The minimum atomic E-state index is -0.167. The lowest BCUT2D eigenvalue weighted by molar-refractivity contribution is 0.102. The van der Waals surface area contributed by atoms with Gasteiger partial charge >= 0.3 is 0 Å². The van der Waals surface area contributed by atoms with Gasteiger partial charge in [0, 0.05) is 21.3 Å². The first kappa shape index (κ1) is 19.4. The van der Waals surface area contributed by atoms with Gasteiger partial charge in [0.1, 0.15) is 5.52 Å². The summed E-state index contributed by atoms with van der Waals surface area (Å²) in [5.74, 6) is 0.857. The van der Waals surface area contributed by atoms with Crippen molar-refractivity contribution >= 4 is 38.6 Å². The Morgan fingerprint density at radius 2 is 1.93 bits per heavy atom. The number of fused-ring (bicyclic) bond motifs is 1. The summed E-state index contributed by atoms with van der Waals surface area (Å²) in [5, 5.41) is 2.93. The van der Waals surface area contributed by atoms with Crippen molar-refractivity contribution in [3.63, 3.8) is 0 Å². The first-order valence-corrected chi connectivity index (χ1v) is 10.4. The Kier molecular flexibility index (Phi) is 5.49. The van der Waals surface area contributed by atoms with Gasteiger partial charge in [0.15, 0.2) is 5.58 Å². The summed E-state index contributed by atoms with van der Waals surface area (Å²) in [6.45, 7) is 4.39. The first-order valence-electron chi connectivity index (χ1n) is 9.61. The molecule has 29 heavy (non-hydrogen) atoms. The highest BCUT2D eigenvalue weighted by atomic mass is 79.9. The van der Waals surface area contributed by atoms with E-state index in [0.29, 0.717) is 23.1 Å². The van der Waals surface area contributed by atoms with Crippen LogP contribution in [-0.4, -0.2) is 10.9 Å². The van der Waals surface area contributed by atoms with Crippen molar-refractivity contribution in [1.29, 1.82) is 0 Å². The molecule has 3 aromatic carbocycles. The lowest BCUT2D eigenvalue weighted by Gasteiger charge is -2.07. The predicted octanol–water partition coefficient (Wildman–Crippen LogP) is 7.02. The van der Waals surface area contributed by atoms with Gasteiger partial charge in [0.2, 0.25) is 5.89 Å². The Bertz CT molecular complexity index is 1180. The highest BCUT2D eigenvalue weighted by Gasteiger charge is 2.12. The predicted molar refractivity (Wildman–Crippen MR) is 120 cm³/mol. The standard InChI is InChI=1S/C24H21BrN2O2/c1-3-15(2)16-10-11-22-21(14-16)27-24(29-22)18-7-5-9-20(13-18)26-23(28)17-6-4-8-19(25)12-17/h4-15H,3H2,1-2H3,(H,26,28)/t15-/m0/s1. The van der Waals surface area contributed by atoms with Crippen LogP contribution < -0.4 is 5.32 Å². The van der Waals surface area contributed by atoms with Crippen LogP contribution in [0.25, 0.3) is 22.6 Å². The number of rotatable bonds is 5. The van der Waals surface area contributed by atoms with E-state index in [-0.39, 0.29) is 5.91 Å². The molecular weight excluding hydrogens is 428 g/mol. The molecule has 1 heterocycles. The van der Waals surface area contributed by atoms with Gasteiger partial charge in [0.25, 0.3) is 5.91 Å². The number of hydrogen-bond acceptors (Lipinski definition) is 3. The van der Waals surface area contributed by atoms with Crippen molar-refractivity contribution in [2.24, 2.45) is 0 Å². The molecular formula is C24H21BrN2O2. The molecule has 1 amide bonds. The van der Waals surface area contributed by atoms with E-state index in [9.17, 15) is 4.79 Å². The summed E-state index contributed by atoms with van der Waals surface area (Å²) in [6.07, 6.45) is 1.08. The first-order chi connectivity index (χ1) is 14.0. The van der Waals surface area contributed by atoms with Crippen molar-refractivity contribution in [3.05, 3.63) is 82.3 Å². The van der Waals surface area contributed by atoms with Gasteiger partial charge in [-0.1, -0.05) is 48.0 Å². The lowest BCUT2D eigenvalue weighted by atomic mass is 9.98. The Hall–Kier alpha value is -2.92. The number of aromatic nitrogens is 1. The third-order valence-electron chi connectivity index (χ3n) is 5.05. The Morgan fingerprint density at radius 3 is 2.72 bits per heavy atom. The van der Waals surface area contributed by atoms with E-state index in [1.54, 1.807) is 12.1 Å². The molecule has 0 aliphatic heterocycles. The van der Waals surface area contributed by atoms with E-state index in [2.05, 4.69) is 52.2 Å². The van der Waals surface area contributed by atoms with Crippen molar-refractivity contribution in [1.82, 2.24) is 4.98 Å². The Labute approximate surface area is 178 Å². The average molecular weight is 449 g/mol. The Morgan fingerprint density at radius 1 is 1.10 bits per heavy atom. The maximum atomic E-state index is 12.5. The summed E-state index contributed by atoms with van der Waals surface area (Å²) in [6, 6.07) is 21.0. The highest BCUT2D eigenvalue weighted by Crippen LogP contribution is 2.29. The summed E-state index contributed by atoms with van der Waals surface area (Å²) in [7, 11) is 0. The van der Waals surface area contributed by atoms with Crippen molar-refractivity contribution in [2.45, 2.75) is 26.2 Å². The molecule has 0 spiro atoms. The van der Waals surface area contributed by atoms with Gasteiger partial charge < -0.3 is 9.73 Å². The Balaban J connectivity index is 1.60. The molecule has 0 aliphatic rings. The third kappa shape index (κ3) is 4.25. The topological polar surface area (TPSA) is 55.1 Å². The van der Waals surface area contributed by atoms with Gasteiger partial charge in [-0.3, -0.25) is 4.79 Å².